The first-order valence-corrected chi connectivity index (χ1v) is 31.8. The second kappa shape index (κ2) is 43.8. The van der Waals surface area contributed by atoms with Crippen LogP contribution in [0.3, 0.4) is 0 Å². The summed E-state index contributed by atoms with van der Waals surface area (Å²) in [7, 11) is 1.35. The number of anilines is 1. The van der Waals surface area contributed by atoms with Gasteiger partial charge in [0.05, 0.1) is 13.2 Å². The van der Waals surface area contributed by atoms with Crippen LogP contribution in [-0.2, 0) is 29.3 Å². The van der Waals surface area contributed by atoms with Gasteiger partial charge in [-0.15, -0.1) is 0 Å². The number of carbonyl (C=O) groups excluding carboxylic acids is 3. The molecule has 3 aromatic rings. The van der Waals surface area contributed by atoms with Crippen LogP contribution in [0.1, 0.15) is 259 Å². The summed E-state index contributed by atoms with van der Waals surface area (Å²) in [5, 5.41) is 11.2. The predicted octanol–water partition coefficient (Wildman–Crippen LogP) is 20.6. The van der Waals surface area contributed by atoms with Crippen molar-refractivity contribution in [1.29, 1.82) is 5.41 Å². The van der Waals surface area contributed by atoms with Crippen LogP contribution in [-0.4, -0.2) is 61.2 Å². The Morgan fingerprint density at radius 1 is 0.707 bits per heavy atom. The van der Waals surface area contributed by atoms with Gasteiger partial charge in [-0.05, 0) is 181 Å². The number of hydrogen-bond donors (Lipinski definition) is 2. The molecule has 2 N–H and O–H groups in total. The SMILES string of the molecule is C=C(C)C1CCCN1C(=O)[C@@H](C)C1CCOCC1.C=C(Nc1ccc(C(C)CC[C@@H](C)c2ccc(C)c(C)c2)cc1C)[C@@H](C)CCCC.CC.CC(C)=O.CCCC(CCC)C(C)C(C)=N.COC(C)=O.Cc1ccc(C(C)(C)C)cc1. The summed E-state index contributed by atoms with van der Waals surface area (Å²) in [5.41, 5.74) is 14.3. The van der Waals surface area contributed by atoms with Gasteiger partial charge in [-0.25, -0.2) is 0 Å². The molecule has 6 atom stereocenters. The maximum absolute atomic E-state index is 12.6. The van der Waals surface area contributed by atoms with Gasteiger partial charge in [0.15, 0.2) is 0 Å². The summed E-state index contributed by atoms with van der Waals surface area (Å²) in [6.45, 7) is 56.6. The molecule has 2 aliphatic rings. The topological polar surface area (TPSA) is 109 Å². The number of esters is 1. The lowest BCUT2D eigenvalue weighted by Crippen LogP contribution is -2.42. The predicted molar refractivity (Wildman–Crippen MR) is 358 cm³/mol. The number of Topliss-reactive ketones (excluding diaryl/α,β-unsaturated/α-hetero) is 1. The first kappa shape index (κ1) is 79.2. The van der Waals surface area contributed by atoms with Crippen LogP contribution in [0.15, 0.2) is 85.1 Å². The number of ether oxygens (including phenoxy) is 2. The van der Waals surface area contributed by atoms with Crippen LogP contribution < -0.4 is 5.32 Å². The molecule has 1 amide bonds. The number of amides is 1. The summed E-state index contributed by atoms with van der Waals surface area (Å²) in [6, 6.07) is 22.8. The molecule has 466 valence electrons. The zero-order chi connectivity index (χ0) is 63.3. The van der Waals surface area contributed by atoms with Gasteiger partial charge >= 0.3 is 5.97 Å². The largest absolute Gasteiger partial charge is 0.469 e. The lowest BCUT2D eigenvalue weighted by atomic mass is 9.84. The number of benzene rings is 3. The molecule has 82 heavy (non-hydrogen) atoms. The number of nitrogens with zero attached hydrogens (tertiary/aromatic N) is 1. The Bertz CT molecular complexity index is 2260. The summed E-state index contributed by atoms with van der Waals surface area (Å²) < 4.78 is 9.49. The average molecular weight is 1140 g/mol. The number of rotatable bonds is 20. The Morgan fingerprint density at radius 3 is 1.61 bits per heavy atom. The maximum atomic E-state index is 12.6. The van der Waals surface area contributed by atoms with E-state index in [1.54, 1.807) is 0 Å². The zero-order valence-electron chi connectivity index (χ0n) is 57.1. The van der Waals surface area contributed by atoms with E-state index >= 15 is 0 Å². The van der Waals surface area contributed by atoms with Gasteiger partial charge in [-0.1, -0.05) is 207 Å². The van der Waals surface area contributed by atoms with Crippen LogP contribution in [0.2, 0.25) is 0 Å². The molecule has 0 bridgehead atoms. The highest BCUT2D eigenvalue weighted by atomic mass is 16.5. The molecular formula is C74H125N3O5. The van der Waals surface area contributed by atoms with Crippen LogP contribution in [0.4, 0.5) is 5.69 Å². The number of unbranched alkanes of at least 4 members (excludes halogenated alkanes) is 1. The highest BCUT2D eigenvalue weighted by Crippen LogP contribution is 2.33. The molecule has 8 nitrogen and oxygen atoms in total. The monoisotopic (exact) mass is 1140 g/mol. The van der Waals surface area contributed by atoms with Crippen molar-refractivity contribution < 1.29 is 23.9 Å². The lowest BCUT2D eigenvalue weighted by molar-refractivity contribution is -0.138. The van der Waals surface area contributed by atoms with Crippen molar-refractivity contribution in [2.24, 2.45) is 29.6 Å². The van der Waals surface area contributed by atoms with E-state index < -0.39 is 0 Å². The van der Waals surface area contributed by atoms with Crippen molar-refractivity contribution in [2.45, 2.75) is 259 Å². The fourth-order valence-corrected chi connectivity index (χ4v) is 10.0. The van der Waals surface area contributed by atoms with Gasteiger partial charge in [0, 0.05) is 49.7 Å². The number of allylic oxidation sites excluding steroid dienone is 1. The van der Waals surface area contributed by atoms with Gasteiger partial charge in [0.2, 0.25) is 5.91 Å². The lowest BCUT2D eigenvalue weighted by Gasteiger charge is -2.33. The van der Waals surface area contributed by atoms with Crippen molar-refractivity contribution in [3.8, 4) is 0 Å². The molecule has 3 unspecified atom stereocenters. The van der Waals surface area contributed by atoms with Gasteiger partial charge < -0.3 is 29.9 Å². The normalized spacial score (nSPS) is 15.5. The highest BCUT2D eigenvalue weighted by molar-refractivity contribution is 5.81. The summed E-state index contributed by atoms with van der Waals surface area (Å²) in [5.74, 6) is 3.79. The van der Waals surface area contributed by atoms with Crippen molar-refractivity contribution in [3.05, 3.63) is 124 Å². The van der Waals surface area contributed by atoms with E-state index in [9.17, 15) is 14.4 Å². The molecule has 8 heteroatoms. The third kappa shape index (κ3) is 32.9. The Labute approximate surface area is 505 Å². The molecule has 0 spiro atoms. The maximum Gasteiger partial charge on any atom is 0.302 e. The Morgan fingerprint density at radius 2 is 1.20 bits per heavy atom. The average Bonchev–Trinajstić information content (AvgIpc) is 3.99. The van der Waals surface area contributed by atoms with Gasteiger partial charge in [-0.2, -0.15) is 0 Å². The number of methoxy groups -OCH3 is 1. The quantitative estimate of drug-likeness (QED) is 0.0663. The first-order valence-electron chi connectivity index (χ1n) is 31.8. The second-order valence-electron chi connectivity index (χ2n) is 24.8. The van der Waals surface area contributed by atoms with E-state index in [0.717, 1.165) is 68.3 Å². The fraction of sp³-hybridized carbons (Fsp3) is 0.649. The number of likely N-dealkylation sites (tertiary alicyclic amines) is 1. The van der Waals surface area contributed by atoms with Crippen molar-refractivity contribution in [1.82, 2.24) is 4.90 Å². The smallest absolute Gasteiger partial charge is 0.302 e. The molecule has 0 aliphatic carbocycles. The van der Waals surface area contributed by atoms with E-state index in [0.29, 0.717) is 35.5 Å². The molecular weight excluding hydrogens is 1010 g/mol. The summed E-state index contributed by atoms with van der Waals surface area (Å²) in [6.07, 6.45) is 15.5. The number of aryl methyl sites for hydroxylation is 4. The molecule has 0 saturated carbocycles. The summed E-state index contributed by atoms with van der Waals surface area (Å²) >= 11 is 0. The minimum Gasteiger partial charge on any atom is -0.469 e. The highest BCUT2D eigenvalue weighted by Gasteiger charge is 2.35. The molecule has 2 aliphatic heterocycles. The molecule has 0 radical (unpaired) electrons. The summed E-state index contributed by atoms with van der Waals surface area (Å²) in [4.78, 5) is 33.7. The zero-order valence-corrected chi connectivity index (χ0v) is 57.1. The number of hydrogen-bond acceptors (Lipinski definition) is 7. The molecule has 2 saturated heterocycles. The Kier molecular flexibility index (Phi) is 42.3. The van der Waals surface area contributed by atoms with E-state index in [2.05, 4.69) is 193 Å². The van der Waals surface area contributed by atoms with E-state index in [4.69, 9.17) is 10.1 Å². The molecule has 2 fully saturated rings. The molecule has 2 heterocycles. The Balaban J connectivity index is 0. The van der Waals surface area contributed by atoms with Crippen LogP contribution in [0.25, 0.3) is 0 Å². The molecule has 0 aromatic heterocycles. The third-order valence-corrected chi connectivity index (χ3v) is 16.2. The van der Waals surface area contributed by atoms with Crippen molar-refractivity contribution in [3.63, 3.8) is 0 Å². The minimum atomic E-state index is -0.245. The van der Waals surface area contributed by atoms with E-state index in [1.165, 1.54) is 130 Å². The van der Waals surface area contributed by atoms with Gasteiger partial charge in [-0.3, -0.25) is 9.59 Å². The van der Waals surface area contributed by atoms with Crippen molar-refractivity contribution >= 4 is 29.1 Å². The Hall–Kier alpha value is -4.82. The number of carbonyl (C=O) groups is 3. The van der Waals surface area contributed by atoms with Gasteiger partial charge in [0.1, 0.15) is 5.78 Å². The fourth-order valence-electron chi connectivity index (χ4n) is 10.0. The first-order chi connectivity index (χ1) is 38.5. The standard InChI is InChI=1S/C29H43N.C15H25NO2.C11H23N.C11H16.C3H6O2.C3H6O.C2H6/c1-9-10-11-21(3)26(8)30-29-17-16-28(19-25(29)7)23(5)13-12-22(4)27-15-14-20(2)24(6)18-27;1-11(2)14-5-4-8-16(14)15(17)12(3)13-6-9-18-10-7-13;1-5-7-11(8-6-2)9(3)10(4)12;1-9-5-7-10(8-6-9)11(2,3)4;1-3(4)5-2;1-3(2)4;1-2/h14-19,21-23,30H,8-13H2,1-7H3;12-14H,1,4-10H2,2-3H3;9,11-12H,5-8H2,1-4H3;5-8H,1-4H3;1-2H3;1-2H3;1-2H3/t21-,22+,23?;12-,14?;;;;;/m00...../s1. The second-order valence-corrected chi connectivity index (χ2v) is 24.8. The van der Waals surface area contributed by atoms with E-state index in [1.807, 2.05) is 27.7 Å². The van der Waals surface area contributed by atoms with Crippen LogP contribution in [0.5, 0.6) is 0 Å². The number of ketones is 1. The number of nitrogens with one attached hydrogen (secondary N) is 2. The van der Waals surface area contributed by atoms with Crippen molar-refractivity contribution in [2.75, 3.05) is 32.2 Å². The van der Waals surface area contributed by atoms with Crippen LogP contribution >= 0.6 is 0 Å². The van der Waals surface area contributed by atoms with Gasteiger partial charge in [0.25, 0.3) is 0 Å². The van der Waals surface area contributed by atoms with E-state index in [-0.39, 0.29) is 29.1 Å². The third-order valence-electron chi connectivity index (χ3n) is 16.2. The molecule has 3 aromatic carbocycles. The molecule has 5 rings (SSSR count). The minimum absolute atomic E-state index is 0.133. The van der Waals surface area contributed by atoms with Crippen LogP contribution in [0, 0.1) is 62.7 Å².